The first-order valence-electron chi connectivity index (χ1n) is 13.0. The molecule has 6 rings (SSSR count). The van der Waals surface area contributed by atoms with Crippen molar-refractivity contribution < 1.29 is 28.2 Å². The summed E-state index contributed by atoms with van der Waals surface area (Å²) in [6.07, 6.45) is 4.90. The van der Waals surface area contributed by atoms with E-state index in [1.165, 1.54) is 12.1 Å². The van der Waals surface area contributed by atoms with Crippen LogP contribution in [-0.4, -0.2) is 64.9 Å². The van der Waals surface area contributed by atoms with Gasteiger partial charge in [0, 0.05) is 43.7 Å². The van der Waals surface area contributed by atoms with Crippen LogP contribution < -0.4 is 14.8 Å². The van der Waals surface area contributed by atoms with Gasteiger partial charge in [0.1, 0.15) is 35.6 Å². The van der Waals surface area contributed by atoms with Crippen molar-refractivity contribution >= 4 is 17.7 Å². The summed E-state index contributed by atoms with van der Waals surface area (Å²) in [6.45, 7) is 1.89. The Labute approximate surface area is 214 Å². The molecule has 2 saturated heterocycles. The fraction of sp³-hybridized carbons (Fsp3) is 0.464. The number of hydrogen-bond donors (Lipinski definition) is 1. The number of amides is 3. The van der Waals surface area contributed by atoms with Gasteiger partial charge in [-0.25, -0.2) is 4.39 Å². The Kier molecular flexibility index (Phi) is 6.32. The summed E-state index contributed by atoms with van der Waals surface area (Å²) in [5, 5.41) is 2.34. The first-order valence-corrected chi connectivity index (χ1v) is 13.0. The fourth-order valence-corrected chi connectivity index (χ4v) is 5.98. The predicted molar refractivity (Wildman–Crippen MR) is 132 cm³/mol. The van der Waals surface area contributed by atoms with Crippen LogP contribution in [0.4, 0.5) is 4.39 Å². The maximum absolute atomic E-state index is 13.5. The molecule has 0 aromatic heterocycles. The molecule has 37 heavy (non-hydrogen) atoms. The van der Waals surface area contributed by atoms with E-state index in [0.717, 1.165) is 50.1 Å². The van der Waals surface area contributed by atoms with Crippen LogP contribution in [0.5, 0.6) is 11.5 Å². The van der Waals surface area contributed by atoms with Crippen molar-refractivity contribution in [2.24, 2.45) is 0 Å². The van der Waals surface area contributed by atoms with Gasteiger partial charge in [-0.1, -0.05) is 12.5 Å². The topological polar surface area (TPSA) is 88.2 Å². The third-order valence-corrected chi connectivity index (χ3v) is 7.89. The van der Waals surface area contributed by atoms with Crippen LogP contribution in [0.15, 0.2) is 42.5 Å². The highest BCUT2D eigenvalue weighted by Crippen LogP contribution is 2.34. The minimum Gasteiger partial charge on any atom is -0.489 e. The minimum absolute atomic E-state index is 0.0327. The Bertz CT molecular complexity index is 1230. The summed E-state index contributed by atoms with van der Waals surface area (Å²) in [5.41, 5.74) is 1.42. The van der Waals surface area contributed by atoms with Crippen molar-refractivity contribution in [1.29, 1.82) is 0 Å². The molecule has 0 bridgehead atoms. The zero-order chi connectivity index (χ0) is 25.5. The van der Waals surface area contributed by atoms with Crippen LogP contribution in [0.2, 0.25) is 0 Å². The molecule has 3 fully saturated rings. The number of imide groups is 1. The molecular weight excluding hydrogens is 477 g/mol. The number of hydrogen-bond acceptors (Lipinski definition) is 6. The summed E-state index contributed by atoms with van der Waals surface area (Å²) < 4.78 is 25.9. The Balaban J connectivity index is 1.09. The molecule has 3 aliphatic heterocycles. The molecule has 1 unspecified atom stereocenters. The maximum Gasteiger partial charge on any atom is 0.255 e. The van der Waals surface area contributed by atoms with Crippen LogP contribution in [-0.2, 0) is 16.1 Å². The highest BCUT2D eigenvalue weighted by atomic mass is 19.1. The molecule has 1 saturated carbocycles. The molecule has 4 aliphatic rings. The van der Waals surface area contributed by atoms with Crippen LogP contribution in [0.3, 0.4) is 0 Å². The van der Waals surface area contributed by atoms with E-state index in [1.54, 1.807) is 23.1 Å². The summed E-state index contributed by atoms with van der Waals surface area (Å²) in [6, 6.07) is 11.4. The number of fused-ring (bicyclic) bond motifs is 1. The number of carbonyl (C=O) groups is 3. The van der Waals surface area contributed by atoms with Crippen molar-refractivity contribution in [3.8, 4) is 11.5 Å². The average Bonchev–Trinajstić information content (AvgIpc) is 3.17. The zero-order valence-electron chi connectivity index (χ0n) is 20.5. The van der Waals surface area contributed by atoms with Crippen LogP contribution >= 0.6 is 0 Å². The summed E-state index contributed by atoms with van der Waals surface area (Å²) in [4.78, 5) is 40.7. The zero-order valence-corrected chi connectivity index (χ0v) is 20.5. The lowest BCUT2D eigenvalue weighted by atomic mass is 9.89. The van der Waals surface area contributed by atoms with Gasteiger partial charge in [-0.2, -0.15) is 0 Å². The minimum atomic E-state index is -0.626. The quantitative estimate of drug-likeness (QED) is 0.605. The van der Waals surface area contributed by atoms with Crippen LogP contribution in [0.25, 0.3) is 0 Å². The number of rotatable bonds is 6. The Hall–Kier alpha value is -3.46. The number of nitrogens with one attached hydrogen (secondary N) is 1. The summed E-state index contributed by atoms with van der Waals surface area (Å²) >= 11 is 0. The normalized spacial score (nSPS) is 26.5. The molecule has 1 aliphatic carbocycles. The number of nitrogens with zero attached hydrogens (tertiary/aromatic N) is 2. The third kappa shape index (κ3) is 4.80. The number of likely N-dealkylation sites (tertiary alicyclic amines) is 1. The molecule has 0 spiro atoms. The smallest absolute Gasteiger partial charge is 0.255 e. The third-order valence-electron chi connectivity index (χ3n) is 7.89. The molecule has 3 amide bonds. The standard InChI is InChI=1S/C28H30FN3O5/c29-18-4-3-5-19(13-18)36-21-15-31(16-21)23-6-1-2-7-25(23)37-20-8-9-22-17(12-20)14-32(28(22)35)24-10-11-26(33)30-27(24)34/h3-5,8-9,12-13,21,23-25H,1-2,6-7,10-11,14-16H2,(H,30,33,34)/t23-,24?,25+/m0/s1. The molecule has 2 aromatic carbocycles. The van der Waals surface area contributed by atoms with Gasteiger partial charge in [0.15, 0.2) is 0 Å². The number of benzene rings is 2. The molecule has 3 atom stereocenters. The van der Waals surface area contributed by atoms with Crippen molar-refractivity contribution in [3.63, 3.8) is 0 Å². The van der Waals surface area contributed by atoms with Gasteiger partial charge >= 0.3 is 0 Å². The highest BCUT2D eigenvalue weighted by Gasteiger charge is 2.41. The Morgan fingerprint density at radius 1 is 0.919 bits per heavy atom. The lowest BCUT2D eigenvalue weighted by Crippen LogP contribution is -2.62. The lowest BCUT2D eigenvalue weighted by Gasteiger charge is -2.47. The summed E-state index contributed by atoms with van der Waals surface area (Å²) in [5.74, 6) is 0.0920. The molecule has 194 valence electrons. The van der Waals surface area contributed by atoms with Gasteiger partial charge in [-0.3, -0.25) is 24.6 Å². The van der Waals surface area contributed by atoms with Crippen LogP contribution in [0.1, 0.15) is 54.4 Å². The second-order valence-corrected chi connectivity index (χ2v) is 10.4. The molecule has 1 N–H and O–H groups in total. The van der Waals surface area contributed by atoms with Crippen molar-refractivity contribution in [3.05, 3.63) is 59.4 Å². The Morgan fingerprint density at radius 3 is 2.54 bits per heavy atom. The molecule has 8 nitrogen and oxygen atoms in total. The van der Waals surface area contributed by atoms with Gasteiger partial charge in [0.25, 0.3) is 5.91 Å². The van der Waals surface area contributed by atoms with Gasteiger partial charge < -0.3 is 14.4 Å². The second-order valence-electron chi connectivity index (χ2n) is 10.4. The fourth-order valence-electron chi connectivity index (χ4n) is 5.98. The van der Waals surface area contributed by atoms with Gasteiger partial charge in [0.05, 0.1) is 0 Å². The van der Waals surface area contributed by atoms with E-state index >= 15 is 0 Å². The number of carbonyl (C=O) groups excluding carboxylic acids is 3. The van der Waals surface area contributed by atoms with E-state index in [1.807, 2.05) is 12.1 Å². The van der Waals surface area contributed by atoms with Gasteiger partial charge in [-0.05, 0) is 61.6 Å². The molecule has 9 heteroatoms. The van der Waals surface area contributed by atoms with E-state index < -0.39 is 11.9 Å². The van der Waals surface area contributed by atoms with Crippen molar-refractivity contribution in [1.82, 2.24) is 15.1 Å². The average molecular weight is 508 g/mol. The largest absolute Gasteiger partial charge is 0.489 e. The van der Waals surface area contributed by atoms with E-state index in [0.29, 0.717) is 24.3 Å². The predicted octanol–water partition coefficient (Wildman–Crippen LogP) is 3.04. The monoisotopic (exact) mass is 507 g/mol. The number of halogens is 1. The SMILES string of the molecule is O=C1CCC(N2Cc3cc(O[C@@H]4CCCC[C@@H]4N4CC(Oc5cccc(F)c5)C4)ccc3C2=O)C(=O)N1. The first-order chi connectivity index (χ1) is 17.9. The van der Waals surface area contributed by atoms with Crippen molar-refractivity contribution in [2.45, 2.75) is 69.4 Å². The molecule has 3 heterocycles. The molecule has 2 aromatic rings. The van der Waals surface area contributed by atoms with E-state index in [2.05, 4.69) is 10.2 Å². The lowest BCUT2D eigenvalue weighted by molar-refractivity contribution is -0.136. The van der Waals surface area contributed by atoms with Crippen molar-refractivity contribution in [2.75, 3.05) is 13.1 Å². The Morgan fingerprint density at radius 2 is 1.73 bits per heavy atom. The highest BCUT2D eigenvalue weighted by molar-refractivity contribution is 6.05. The number of piperidine rings is 1. The van der Waals surface area contributed by atoms with Gasteiger partial charge in [-0.15, -0.1) is 0 Å². The first kappa shape index (κ1) is 23.9. The molecular formula is C28H30FN3O5. The molecule has 0 radical (unpaired) electrons. The van der Waals surface area contributed by atoms with Crippen LogP contribution in [0, 0.1) is 5.82 Å². The van der Waals surface area contributed by atoms with Gasteiger partial charge in [0.2, 0.25) is 11.8 Å². The maximum atomic E-state index is 13.5. The van der Waals surface area contributed by atoms with E-state index in [-0.39, 0.29) is 42.3 Å². The number of ether oxygens (including phenoxy) is 2. The van der Waals surface area contributed by atoms with E-state index in [4.69, 9.17) is 9.47 Å². The summed E-state index contributed by atoms with van der Waals surface area (Å²) in [7, 11) is 0. The van der Waals surface area contributed by atoms with E-state index in [9.17, 15) is 18.8 Å². The second kappa shape index (κ2) is 9.78.